The molecule has 2 N–H and O–H groups in total. The van der Waals surface area contributed by atoms with Gasteiger partial charge in [0, 0.05) is 11.1 Å². The van der Waals surface area contributed by atoms with E-state index in [1.807, 2.05) is 43.3 Å². The molecule has 0 aliphatic heterocycles. The molecule has 0 aliphatic carbocycles. The first-order valence-electron chi connectivity index (χ1n) is 8.50. The maximum absolute atomic E-state index is 10.4. The predicted octanol–water partition coefficient (Wildman–Crippen LogP) is 4.32. The number of aromatic amines is 1. The van der Waals surface area contributed by atoms with Gasteiger partial charge in [0.25, 0.3) is 0 Å². The Morgan fingerprint density at radius 3 is 2.93 bits per heavy atom. The van der Waals surface area contributed by atoms with Gasteiger partial charge >= 0.3 is 0 Å². The van der Waals surface area contributed by atoms with Gasteiger partial charge < -0.3 is 9.84 Å². The van der Waals surface area contributed by atoms with E-state index >= 15 is 0 Å². The highest BCUT2D eigenvalue weighted by atomic mass is 32.1. The van der Waals surface area contributed by atoms with Crippen LogP contribution in [0.25, 0.3) is 11.4 Å². The number of H-pyrrole nitrogens is 1. The molecule has 0 aliphatic rings. The normalized spacial score (nSPS) is 11.0. The summed E-state index contributed by atoms with van der Waals surface area (Å²) in [5.41, 5.74) is 2.19. The van der Waals surface area contributed by atoms with E-state index in [1.165, 1.54) is 4.68 Å². The molecule has 0 fully saturated rings. The van der Waals surface area contributed by atoms with Gasteiger partial charge in [-0.3, -0.25) is 0 Å². The van der Waals surface area contributed by atoms with Gasteiger partial charge in [0.05, 0.1) is 12.8 Å². The van der Waals surface area contributed by atoms with Crippen molar-refractivity contribution in [1.82, 2.24) is 14.9 Å². The lowest BCUT2D eigenvalue weighted by Crippen LogP contribution is -1.97. The average molecular weight is 380 g/mol. The molecule has 0 saturated heterocycles. The fraction of sp³-hybridized carbons (Fsp3) is 0.150. The van der Waals surface area contributed by atoms with Crippen LogP contribution in [-0.2, 0) is 6.42 Å². The number of nitrogens with one attached hydrogen (secondary N) is 1. The summed E-state index contributed by atoms with van der Waals surface area (Å²) in [5, 5.41) is 21.8. The van der Waals surface area contributed by atoms with Crippen molar-refractivity contribution in [2.75, 3.05) is 6.61 Å². The minimum Gasteiger partial charge on any atom is -0.507 e. The highest BCUT2D eigenvalue weighted by molar-refractivity contribution is 7.71. The molecule has 1 aromatic heterocycles. The Bertz CT molecular complexity index is 1040. The van der Waals surface area contributed by atoms with Gasteiger partial charge in [-0.1, -0.05) is 30.3 Å². The first-order chi connectivity index (χ1) is 13.1. The molecular weight excluding hydrogens is 360 g/mol. The van der Waals surface area contributed by atoms with Gasteiger partial charge in [0.2, 0.25) is 4.77 Å². The summed E-state index contributed by atoms with van der Waals surface area (Å²) in [5.74, 6) is 1.48. The van der Waals surface area contributed by atoms with E-state index in [-0.39, 0.29) is 5.75 Å². The van der Waals surface area contributed by atoms with Crippen molar-refractivity contribution in [3.8, 4) is 22.9 Å². The number of rotatable bonds is 7. The number of ether oxygens (including phenoxy) is 1. The van der Waals surface area contributed by atoms with Crippen LogP contribution >= 0.6 is 12.2 Å². The van der Waals surface area contributed by atoms with Crippen LogP contribution in [0.3, 0.4) is 0 Å². The van der Waals surface area contributed by atoms with Crippen LogP contribution < -0.4 is 4.74 Å². The van der Waals surface area contributed by atoms with E-state index in [2.05, 4.69) is 21.9 Å². The second-order valence-electron chi connectivity index (χ2n) is 5.72. The van der Waals surface area contributed by atoms with Gasteiger partial charge in [-0.15, -0.1) is 6.58 Å². The van der Waals surface area contributed by atoms with E-state index in [4.69, 9.17) is 17.0 Å². The van der Waals surface area contributed by atoms with Crippen molar-refractivity contribution in [3.05, 3.63) is 71.0 Å². The van der Waals surface area contributed by atoms with Crippen molar-refractivity contribution in [2.24, 2.45) is 5.10 Å². The van der Waals surface area contributed by atoms with Crippen LogP contribution in [0.5, 0.6) is 11.5 Å². The molecule has 0 spiro atoms. The van der Waals surface area contributed by atoms with Crippen molar-refractivity contribution < 1.29 is 9.84 Å². The van der Waals surface area contributed by atoms with Gasteiger partial charge in [-0.25, -0.2) is 5.10 Å². The predicted molar refractivity (Wildman–Crippen MR) is 109 cm³/mol. The van der Waals surface area contributed by atoms with E-state index in [0.717, 1.165) is 16.9 Å². The number of aromatic hydroxyl groups is 1. The summed E-state index contributed by atoms with van der Waals surface area (Å²) in [6.45, 7) is 6.21. The summed E-state index contributed by atoms with van der Waals surface area (Å²) in [7, 11) is 0. The molecule has 0 radical (unpaired) electrons. The first kappa shape index (κ1) is 18.6. The van der Waals surface area contributed by atoms with Crippen molar-refractivity contribution in [2.45, 2.75) is 13.3 Å². The molecule has 3 rings (SSSR count). The molecule has 3 aromatic rings. The van der Waals surface area contributed by atoms with Crippen LogP contribution in [0.4, 0.5) is 0 Å². The number of hydrogen-bond acceptors (Lipinski definition) is 5. The Balaban J connectivity index is 1.98. The second-order valence-corrected chi connectivity index (χ2v) is 6.10. The Kier molecular flexibility index (Phi) is 5.83. The number of allylic oxidation sites excluding steroid dienone is 1. The average Bonchev–Trinajstić information content (AvgIpc) is 3.04. The summed E-state index contributed by atoms with van der Waals surface area (Å²) in [4.78, 5) is 0. The molecule has 0 bridgehead atoms. The van der Waals surface area contributed by atoms with E-state index in [9.17, 15) is 5.11 Å². The molecule has 0 saturated carbocycles. The van der Waals surface area contributed by atoms with E-state index in [0.29, 0.717) is 29.2 Å². The minimum atomic E-state index is 0.177. The topological polar surface area (TPSA) is 75.4 Å². The first-order valence-corrected chi connectivity index (χ1v) is 8.91. The van der Waals surface area contributed by atoms with Crippen molar-refractivity contribution in [1.29, 1.82) is 0 Å². The quantitative estimate of drug-likeness (QED) is 0.364. The smallest absolute Gasteiger partial charge is 0.216 e. The van der Waals surface area contributed by atoms with Gasteiger partial charge in [-0.05, 0) is 49.3 Å². The fourth-order valence-corrected chi connectivity index (χ4v) is 2.81. The SMILES string of the molecule is C=CCc1cccc(/C=N/n2c(-c3cccc(OCC)c3)n[nH]c2=S)c1O. The Labute approximate surface area is 162 Å². The standard InChI is InChI=1S/C20H20N4O2S/c1-3-7-14-8-5-10-16(18(14)25)13-21-24-19(22-23-20(24)27)15-9-6-11-17(12-15)26-4-2/h3,5-6,8-13,25H,1,4,7H2,2H3,(H,23,27)/b21-13+. The third-order valence-electron chi connectivity index (χ3n) is 3.88. The zero-order valence-corrected chi connectivity index (χ0v) is 15.7. The number of nitrogens with zero attached hydrogens (tertiary/aromatic N) is 3. The molecule has 27 heavy (non-hydrogen) atoms. The molecule has 0 atom stereocenters. The number of aromatic nitrogens is 3. The Hall–Kier alpha value is -3.19. The lowest BCUT2D eigenvalue weighted by molar-refractivity contribution is 0.340. The van der Waals surface area contributed by atoms with Gasteiger partial charge in [0.1, 0.15) is 11.5 Å². The molecule has 2 aromatic carbocycles. The van der Waals surface area contributed by atoms with Crippen LogP contribution in [0.1, 0.15) is 18.1 Å². The Morgan fingerprint density at radius 1 is 1.33 bits per heavy atom. The third kappa shape index (κ3) is 4.15. The zero-order chi connectivity index (χ0) is 19.2. The lowest BCUT2D eigenvalue weighted by Gasteiger charge is -2.06. The molecule has 0 amide bonds. The molecule has 0 unspecified atom stereocenters. The molecule has 138 valence electrons. The number of hydrogen-bond donors (Lipinski definition) is 2. The van der Waals surface area contributed by atoms with Gasteiger partial charge in [-0.2, -0.15) is 14.9 Å². The van der Waals surface area contributed by atoms with E-state index in [1.54, 1.807) is 18.4 Å². The molecule has 6 nitrogen and oxygen atoms in total. The number of phenols is 1. The van der Waals surface area contributed by atoms with Crippen molar-refractivity contribution >= 4 is 18.4 Å². The summed E-state index contributed by atoms with van der Waals surface area (Å²) >= 11 is 5.30. The number of benzene rings is 2. The second kappa shape index (κ2) is 8.46. The maximum atomic E-state index is 10.4. The highest BCUT2D eigenvalue weighted by Crippen LogP contribution is 2.24. The van der Waals surface area contributed by atoms with Crippen LogP contribution in [-0.4, -0.2) is 32.8 Å². The van der Waals surface area contributed by atoms with Crippen LogP contribution in [0, 0.1) is 4.77 Å². The maximum Gasteiger partial charge on any atom is 0.216 e. The number of phenolic OH excluding ortho intramolecular Hbond substituents is 1. The third-order valence-corrected chi connectivity index (χ3v) is 4.15. The lowest BCUT2D eigenvalue weighted by atomic mass is 10.1. The van der Waals surface area contributed by atoms with Crippen LogP contribution in [0.15, 0.2) is 60.2 Å². The van der Waals surface area contributed by atoms with Gasteiger partial charge in [0.15, 0.2) is 5.82 Å². The molecule has 7 heteroatoms. The highest BCUT2D eigenvalue weighted by Gasteiger charge is 2.10. The molecule has 1 heterocycles. The monoisotopic (exact) mass is 380 g/mol. The van der Waals surface area contributed by atoms with Crippen molar-refractivity contribution in [3.63, 3.8) is 0 Å². The summed E-state index contributed by atoms with van der Waals surface area (Å²) < 4.78 is 7.41. The van der Waals surface area contributed by atoms with E-state index < -0.39 is 0 Å². The zero-order valence-electron chi connectivity index (χ0n) is 14.9. The summed E-state index contributed by atoms with van der Waals surface area (Å²) in [6.07, 6.45) is 3.88. The minimum absolute atomic E-state index is 0.177. The fourth-order valence-electron chi connectivity index (χ4n) is 2.63. The molecular formula is C20H20N4O2S. The van der Waals surface area contributed by atoms with Crippen LogP contribution in [0.2, 0.25) is 0 Å². The largest absolute Gasteiger partial charge is 0.507 e. The number of para-hydroxylation sites is 1. The Morgan fingerprint density at radius 2 is 2.15 bits per heavy atom. The summed E-state index contributed by atoms with van der Waals surface area (Å²) in [6, 6.07) is 13.0.